The van der Waals surface area contributed by atoms with Crippen LogP contribution in [0.4, 0.5) is 4.79 Å². The Kier molecular flexibility index (Phi) is 9.89. The molecule has 0 aliphatic rings. The van der Waals surface area contributed by atoms with Crippen molar-refractivity contribution in [3.05, 3.63) is 30.3 Å². The molecule has 0 heterocycles. The first-order valence-electron chi connectivity index (χ1n) is 8.99. The highest BCUT2D eigenvalue weighted by Crippen LogP contribution is 2.10. The van der Waals surface area contributed by atoms with Crippen LogP contribution in [-0.4, -0.2) is 43.7 Å². The third kappa shape index (κ3) is 8.54. The molecule has 2 amide bonds. The number of rotatable bonds is 10. The molecule has 2 atom stereocenters. The number of methoxy groups -OCH3 is 1. The molecule has 1 aromatic rings. The number of para-hydroxylation sites is 1. The average molecular weight is 379 g/mol. The molecule has 8 nitrogen and oxygen atoms in total. The maximum Gasteiger partial charge on any atom is 0.413 e. The molecule has 0 spiro atoms. The topological polar surface area (TPSA) is 120 Å². The van der Waals surface area contributed by atoms with Crippen LogP contribution in [0.5, 0.6) is 5.75 Å². The summed E-state index contributed by atoms with van der Waals surface area (Å²) >= 11 is 0. The minimum Gasteiger partial charge on any atom is -0.467 e. The molecule has 0 radical (unpaired) electrons. The van der Waals surface area contributed by atoms with E-state index in [1.54, 1.807) is 30.3 Å². The summed E-state index contributed by atoms with van der Waals surface area (Å²) in [4.78, 5) is 36.6. The van der Waals surface area contributed by atoms with Crippen LogP contribution in [0.3, 0.4) is 0 Å². The Morgan fingerprint density at radius 3 is 2.30 bits per heavy atom. The molecule has 0 bridgehead atoms. The number of amides is 2. The van der Waals surface area contributed by atoms with Crippen LogP contribution in [0.2, 0.25) is 0 Å². The van der Waals surface area contributed by atoms with Gasteiger partial charge in [-0.2, -0.15) is 0 Å². The third-order valence-electron chi connectivity index (χ3n) is 3.77. The quantitative estimate of drug-likeness (QED) is 0.531. The lowest BCUT2D eigenvalue weighted by molar-refractivity contribution is -0.145. The van der Waals surface area contributed by atoms with E-state index >= 15 is 0 Å². The number of carbonyl (C=O) groups excluding carboxylic acids is 3. The predicted octanol–water partition coefficient (Wildman–Crippen LogP) is 1.59. The van der Waals surface area contributed by atoms with Crippen LogP contribution < -0.4 is 21.1 Å². The van der Waals surface area contributed by atoms with E-state index in [2.05, 4.69) is 10.6 Å². The average Bonchev–Trinajstić information content (AvgIpc) is 2.64. The van der Waals surface area contributed by atoms with Crippen molar-refractivity contribution in [2.24, 2.45) is 11.7 Å². The summed E-state index contributed by atoms with van der Waals surface area (Å²) in [5.41, 5.74) is 5.52. The molecule has 0 saturated carbocycles. The maximum absolute atomic E-state index is 12.6. The van der Waals surface area contributed by atoms with Gasteiger partial charge in [-0.05, 0) is 43.9 Å². The van der Waals surface area contributed by atoms with Gasteiger partial charge in [0.15, 0.2) is 0 Å². The molecule has 0 saturated heterocycles. The lowest BCUT2D eigenvalue weighted by Crippen LogP contribution is -2.52. The van der Waals surface area contributed by atoms with Gasteiger partial charge in [-0.25, -0.2) is 9.59 Å². The van der Waals surface area contributed by atoms with Crippen molar-refractivity contribution in [1.29, 1.82) is 0 Å². The lowest BCUT2D eigenvalue weighted by atomic mass is 10.0. The number of hydrogen-bond acceptors (Lipinski definition) is 6. The highest BCUT2D eigenvalue weighted by Gasteiger charge is 2.28. The van der Waals surface area contributed by atoms with Crippen molar-refractivity contribution in [2.45, 2.75) is 45.2 Å². The zero-order valence-electron chi connectivity index (χ0n) is 16.1. The van der Waals surface area contributed by atoms with Crippen molar-refractivity contribution in [3.63, 3.8) is 0 Å². The summed E-state index contributed by atoms with van der Waals surface area (Å²) in [6.45, 7) is 4.23. The highest BCUT2D eigenvalue weighted by atomic mass is 16.6. The Morgan fingerprint density at radius 1 is 1.07 bits per heavy atom. The molecule has 8 heteroatoms. The summed E-state index contributed by atoms with van der Waals surface area (Å²) in [5.74, 6) is -0.473. The summed E-state index contributed by atoms with van der Waals surface area (Å²) in [6.07, 6.45) is 0.520. The first-order valence-corrected chi connectivity index (χ1v) is 8.99. The molecule has 0 fully saturated rings. The van der Waals surface area contributed by atoms with Gasteiger partial charge in [0, 0.05) is 0 Å². The zero-order chi connectivity index (χ0) is 20.2. The predicted molar refractivity (Wildman–Crippen MR) is 101 cm³/mol. The molecule has 4 N–H and O–H groups in total. The minimum atomic E-state index is -0.871. The molecule has 0 aromatic heterocycles. The maximum atomic E-state index is 12.6. The molecule has 150 valence electrons. The Hall–Kier alpha value is -2.61. The normalized spacial score (nSPS) is 12.8. The Morgan fingerprint density at radius 2 is 1.74 bits per heavy atom. The van der Waals surface area contributed by atoms with E-state index in [0.29, 0.717) is 31.6 Å². The first kappa shape index (κ1) is 22.4. The van der Waals surface area contributed by atoms with Crippen molar-refractivity contribution in [2.75, 3.05) is 13.7 Å². The van der Waals surface area contributed by atoms with Crippen LogP contribution in [0.15, 0.2) is 30.3 Å². The van der Waals surface area contributed by atoms with Crippen molar-refractivity contribution < 1.29 is 23.9 Å². The molecule has 27 heavy (non-hydrogen) atoms. The molecule has 0 aliphatic heterocycles. The van der Waals surface area contributed by atoms with E-state index in [1.807, 2.05) is 13.8 Å². The standard InChI is InChI=1S/C19H29N3O5/c1-13(2)12-16(18(24)26-3)21-17(23)15(10-7-11-20)22-19(25)27-14-8-5-4-6-9-14/h4-6,8-9,13,15-16H,7,10-12,20H2,1-3H3,(H,21,23)(H,22,25)/t15-,16-/m0/s1. The van der Waals surface area contributed by atoms with Gasteiger partial charge in [0.2, 0.25) is 5.91 Å². The zero-order valence-corrected chi connectivity index (χ0v) is 16.1. The van der Waals surface area contributed by atoms with Gasteiger partial charge < -0.3 is 25.8 Å². The first-order chi connectivity index (χ1) is 12.9. The van der Waals surface area contributed by atoms with E-state index < -0.39 is 30.1 Å². The summed E-state index contributed by atoms with van der Waals surface area (Å²) < 4.78 is 9.91. The number of esters is 1. The van der Waals surface area contributed by atoms with E-state index in [0.717, 1.165) is 0 Å². The third-order valence-corrected chi connectivity index (χ3v) is 3.77. The number of ether oxygens (including phenoxy) is 2. The monoisotopic (exact) mass is 379 g/mol. The van der Waals surface area contributed by atoms with Crippen LogP contribution in [-0.2, 0) is 14.3 Å². The fourth-order valence-corrected chi connectivity index (χ4v) is 2.46. The van der Waals surface area contributed by atoms with Crippen LogP contribution in [0, 0.1) is 5.92 Å². The second-order valence-corrected chi connectivity index (χ2v) is 6.54. The van der Waals surface area contributed by atoms with Crippen LogP contribution in [0.1, 0.15) is 33.1 Å². The van der Waals surface area contributed by atoms with E-state index in [4.69, 9.17) is 15.2 Å². The smallest absolute Gasteiger partial charge is 0.413 e. The van der Waals surface area contributed by atoms with Crippen molar-refractivity contribution in [1.82, 2.24) is 10.6 Å². The number of nitrogens with one attached hydrogen (secondary N) is 2. The Balaban J connectivity index is 2.76. The number of benzene rings is 1. The van der Waals surface area contributed by atoms with Gasteiger partial charge in [-0.15, -0.1) is 0 Å². The van der Waals surface area contributed by atoms with Crippen LogP contribution >= 0.6 is 0 Å². The Bertz CT molecular complexity index is 607. The lowest BCUT2D eigenvalue weighted by Gasteiger charge is -2.23. The number of hydrogen-bond donors (Lipinski definition) is 3. The van der Waals surface area contributed by atoms with Gasteiger partial charge in [-0.1, -0.05) is 32.0 Å². The largest absolute Gasteiger partial charge is 0.467 e. The molecular formula is C19H29N3O5. The van der Waals surface area contributed by atoms with E-state index in [9.17, 15) is 14.4 Å². The summed E-state index contributed by atoms with van der Waals surface area (Å²) in [6, 6.07) is 6.86. The fraction of sp³-hybridized carbons (Fsp3) is 0.526. The number of nitrogens with two attached hydrogens (primary N) is 1. The molecule has 1 aromatic carbocycles. The van der Waals surface area contributed by atoms with Gasteiger partial charge in [0.1, 0.15) is 17.8 Å². The van der Waals surface area contributed by atoms with Gasteiger partial charge >= 0.3 is 12.1 Å². The van der Waals surface area contributed by atoms with Gasteiger partial charge in [0.25, 0.3) is 0 Å². The second-order valence-electron chi connectivity index (χ2n) is 6.54. The molecule has 0 aliphatic carbocycles. The minimum absolute atomic E-state index is 0.174. The molecular weight excluding hydrogens is 350 g/mol. The van der Waals surface area contributed by atoms with Gasteiger partial charge in [0.05, 0.1) is 7.11 Å². The number of carbonyl (C=O) groups is 3. The van der Waals surface area contributed by atoms with Crippen molar-refractivity contribution >= 4 is 18.0 Å². The summed E-state index contributed by atoms with van der Waals surface area (Å²) in [5, 5.41) is 5.19. The van der Waals surface area contributed by atoms with Crippen molar-refractivity contribution in [3.8, 4) is 5.75 Å². The SMILES string of the molecule is COC(=O)[C@H](CC(C)C)NC(=O)[C@H](CCCN)NC(=O)Oc1ccccc1. The molecule has 1 rings (SSSR count). The van der Waals surface area contributed by atoms with Gasteiger partial charge in [-0.3, -0.25) is 4.79 Å². The van der Waals surface area contributed by atoms with Crippen LogP contribution in [0.25, 0.3) is 0 Å². The highest BCUT2D eigenvalue weighted by molar-refractivity contribution is 5.89. The second kappa shape index (κ2) is 11.9. The fourth-order valence-electron chi connectivity index (χ4n) is 2.46. The molecule has 0 unspecified atom stereocenters. The van der Waals surface area contributed by atoms with E-state index in [-0.39, 0.29) is 5.92 Å². The van der Waals surface area contributed by atoms with E-state index in [1.165, 1.54) is 7.11 Å². The summed E-state index contributed by atoms with van der Waals surface area (Å²) in [7, 11) is 1.27. The Labute approximate surface area is 159 Å².